The van der Waals surface area contributed by atoms with Gasteiger partial charge < -0.3 is 4.74 Å². The van der Waals surface area contributed by atoms with Gasteiger partial charge in [0.2, 0.25) is 0 Å². The van der Waals surface area contributed by atoms with Crippen molar-refractivity contribution in [3.05, 3.63) is 39.9 Å². The van der Waals surface area contributed by atoms with Crippen LogP contribution in [0.3, 0.4) is 0 Å². The van der Waals surface area contributed by atoms with E-state index in [1.54, 1.807) is 32.9 Å². The number of rotatable bonds is 2. The average Bonchev–Trinajstić information content (AvgIpc) is 2.34. The van der Waals surface area contributed by atoms with Gasteiger partial charge in [-0.05, 0) is 45.0 Å². The molecule has 1 aromatic rings. The summed E-state index contributed by atoms with van der Waals surface area (Å²) in [5.41, 5.74) is 3.28. The molecule has 0 aliphatic heterocycles. The lowest BCUT2D eigenvalue weighted by molar-refractivity contribution is -0.484. The molecule has 1 amide bonds. The van der Waals surface area contributed by atoms with Crippen molar-refractivity contribution in [1.82, 2.24) is 0 Å². The van der Waals surface area contributed by atoms with Crippen molar-refractivity contribution in [2.24, 2.45) is 0 Å². The van der Waals surface area contributed by atoms with Crippen molar-refractivity contribution in [2.75, 3.05) is 5.01 Å². The predicted molar refractivity (Wildman–Crippen MR) is 92.4 cm³/mol. The highest BCUT2D eigenvalue weighted by atomic mass is 28.3. The SMILES string of the molecule is CC(C)(C)OC(=O)N(c1ccc(C#C[Si](C)(C)C)cc1)[N+](=O)[O-]. The highest BCUT2D eigenvalue weighted by Gasteiger charge is 2.31. The molecule has 0 bridgehead atoms. The van der Waals surface area contributed by atoms with E-state index in [-0.39, 0.29) is 5.69 Å². The lowest BCUT2D eigenvalue weighted by Crippen LogP contribution is -2.40. The number of ether oxygens (including phenoxy) is 1. The Morgan fingerprint density at radius 3 is 2.13 bits per heavy atom. The molecule has 7 heteroatoms. The number of carbonyl (C=O) groups excluding carboxylic acids is 1. The Morgan fingerprint density at radius 1 is 1.22 bits per heavy atom. The van der Waals surface area contributed by atoms with Gasteiger partial charge >= 0.3 is 6.09 Å². The van der Waals surface area contributed by atoms with Crippen molar-refractivity contribution in [3.63, 3.8) is 0 Å². The topological polar surface area (TPSA) is 72.7 Å². The molecule has 23 heavy (non-hydrogen) atoms. The quantitative estimate of drug-likeness (QED) is 0.356. The average molecular weight is 334 g/mol. The molecule has 0 N–H and O–H groups in total. The smallest absolute Gasteiger partial charge is 0.440 e. The van der Waals surface area contributed by atoms with Gasteiger partial charge in [-0.15, -0.1) is 5.54 Å². The first kappa shape index (κ1) is 18.7. The van der Waals surface area contributed by atoms with E-state index < -0.39 is 24.8 Å². The first-order valence-corrected chi connectivity index (χ1v) is 10.7. The third kappa shape index (κ3) is 6.53. The van der Waals surface area contributed by atoms with Gasteiger partial charge in [0.25, 0.3) is 0 Å². The minimum absolute atomic E-state index is 0.128. The van der Waals surface area contributed by atoms with Gasteiger partial charge in [-0.3, -0.25) is 0 Å². The Labute approximate surface area is 137 Å². The Morgan fingerprint density at radius 2 is 1.74 bits per heavy atom. The van der Waals surface area contributed by atoms with Crippen LogP contribution in [0, 0.1) is 21.6 Å². The Kier molecular flexibility index (Phi) is 5.56. The highest BCUT2D eigenvalue weighted by molar-refractivity contribution is 6.83. The van der Waals surface area contributed by atoms with Crippen molar-refractivity contribution in [2.45, 2.75) is 46.0 Å². The summed E-state index contributed by atoms with van der Waals surface area (Å²) in [5.74, 6) is 3.05. The zero-order valence-electron chi connectivity index (χ0n) is 14.3. The number of amides is 1. The van der Waals surface area contributed by atoms with Crippen molar-refractivity contribution < 1.29 is 14.6 Å². The molecule has 0 aliphatic rings. The summed E-state index contributed by atoms with van der Waals surface area (Å²) in [5, 5.41) is 10.8. The fourth-order valence-corrected chi connectivity index (χ4v) is 2.04. The number of anilines is 1. The number of carbonyl (C=O) groups is 1. The van der Waals surface area contributed by atoms with Crippen molar-refractivity contribution in [3.8, 4) is 11.5 Å². The highest BCUT2D eigenvalue weighted by Crippen LogP contribution is 2.19. The molecule has 124 valence electrons. The van der Waals surface area contributed by atoms with E-state index >= 15 is 0 Å². The summed E-state index contributed by atoms with van der Waals surface area (Å²) < 4.78 is 5.06. The first-order valence-electron chi connectivity index (χ1n) is 7.20. The maximum Gasteiger partial charge on any atom is 0.473 e. The van der Waals surface area contributed by atoms with Crippen LogP contribution in [0.15, 0.2) is 24.3 Å². The lowest BCUT2D eigenvalue weighted by Gasteiger charge is -2.21. The Hall–Kier alpha value is -2.33. The van der Waals surface area contributed by atoms with Crippen LogP contribution in [0.2, 0.25) is 19.6 Å². The number of hydrogen-bond donors (Lipinski definition) is 0. The third-order valence-electron chi connectivity index (χ3n) is 2.42. The summed E-state index contributed by atoms with van der Waals surface area (Å²) in [4.78, 5) is 23.2. The molecular formula is C16H22N2O4Si. The van der Waals surface area contributed by atoms with Gasteiger partial charge in [-0.25, -0.2) is 14.9 Å². The monoisotopic (exact) mass is 334 g/mol. The molecule has 0 saturated heterocycles. The molecule has 0 spiro atoms. The first-order chi connectivity index (χ1) is 10.4. The Bertz CT molecular complexity index is 646. The lowest BCUT2D eigenvalue weighted by atomic mass is 10.2. The van der Waals surface area contributed by atoms with Crippen molar-refractivity contribution >= 4 is 19.9 Å². The number of nitrogens with zero attached hydrogens (tertiary/aromatic N) is 2. The molecule has 0 fully saturated rings. The van der Waals surface area contributed by atoms with Gasteiger partial charge in [-0.1, -0.05) is 25.6 Å². The van der Waals surface area contributed by atoms with Crippen LogP contribution in [0.4, 0.5) is 10.5 Å². The molecule has 6 nitrogen and oxygen atoms in total. The second-order valence-electron chi connectivity index (χ2n) is 7.08. The zero-order chi connectivity index (χ0) is 17.8. The van der Waals surface area contributed by atoms with Crippen LogP contribution < -0.4 is 5.01 Å². The molecule has 0 heterocycles. The van der Waals surface area contributed by atoms with E-state index in [0.717, 1.165) is 5.56 Å². The molecule has 0 radical (unpaired) electrons. The van der Waals surface area contributed by atoms with E-state index in [2.05, 4.69) is 31.1 Å². The standard InChI is InChI=1S/C16H22N2O4Si/c1-16(2,3)22-15(19)17(18(20)21)14-9-7-13(8-10-14)11-12-23(4,5)6/h7-10H,1-6H3. The van der Waals surface area contributed by atoms with Crippen LogP contribution in [0.25, 0.3) is 0 Å². The largest absolute Gasteiger partial charge is 0.473 e. The number of nitro groups is 1. The summed E-state index contributed by atoms with van der Waals surface area (Å²) in [6.45, 7) is 11.3. The van der Waals surface area contributed by atoms with Crippen LogP contribution in [0.1, 0.15) is 26.3 Å². The number of hydrogen-bond acceptors (Lipinski definition) is 4. The van der Waals surface area contributed by atoms with E-state index in [1.807, 2.05) is 0 Å². The van der Waals surface area contributed by atoms with Gasteiger partial charge in [0, 0.05) is 10.6 Å². The van der Waals surface area contributed by atoms with Gasteiger partial charge in [-0.2, -0.15) is 0 Å². The molecule has 0 atom stereocenters. The van der Waals surface area contributed by atoms with Crippen LogP contribution in [-0.2, 0) is 4.74 Å². The summed E-state index contributed by atoms with van der Waals surface area (Å²) in [6, 6.07) is 6.29. The molecule has 0 aromatic heterocycles. The summed E-state index contributed by atoms with van der Waals surface area (Å²) in [6.07, 6.45) is -1.02. The summed E-state index contributed by atoms with van der Waals surface area (Å²) in [7, 11) is -1.49. The second kappa shape index (κ2) is 6.83. The van der Waals surface area contributed by atoms with E-state index in [1.165, 1.54) is 12.1 Å². The summed E-state index contributed by atoms with van der Waals surface area (Å²) >= 11 is 0. The Balaban J connectivity index is 3.04. The van der Waals surface area contributed by atoms with E-state index in [4.69, 9.17) is 4.74 Å². The zero-order valence-corrected chi connectivity index (χ0v) is 15.3. The van der Waals surface area contributed by atoms with Crippen LogP contribution in [-0.4, -0.2) is 24.8 Å². The predicted octanol–water partition coefficient (Wildman–Crippen LogP) is 3.85. The molecule has 1 rings (SSSR count). The van der Waals surface area contributed by atoms with Crippen LogP contribution in [0.5, 0.6) is 0 Å². The number of hydrazine groups is 1. The maximum absolute atomic E-state index is 12.0. The van der Waals surface area contributed by atoms with E-state index in [0.29, 0.717) is 5.01 Å². The number of benzene rings is 1. The minimum atomic E-state index is -1.49. The minimum Gasteiger partial charge on any atom is -0.440 e. The fourth-order valence-electron chi connectivity index (χ4n) is 1.52. The molecule has 0 aliphatic carbocycles. The van der Waals surface area contributed by atoms with Crippen LogP contribution >= 0.6 is 0 Å². The van der Waals surface area contributed by atoms with Gasteiger partial charge in [0.15, 0.2) is 5.03 Å². The normalized spacial score (nSPS) is 11.2. The van der Waals surface area contributed by atoms with E-state index in [9.17, 15) is 14.9 Å². The third-order valence-corrected chi connectivity index (χ3v) is 3.30. The maximum atomic E-state index is 12.0. The fraction of sp³-hybridized carbons (Fsp3) is 0.438. The molecule has 1 aromatic carbocycles. The van der Waals surface area contributed by atoms with Gasteiger partial charge in [0.1, 0.15) is 19.4 Å². The van der Waals surface area contributed by atoms with Crippen molar-refractivity contribution in [1.29, 1.82) is 0 Å². The molecular weight excluding hydrogens is 312 g/mol. The molecule has 0 unspecified atom stereocenters. The second-order valence-corrected chi connectivity index (χ2v) is 11.8. The molecule has 0 saturated carbocycles. The van der Waals surface area contributed by atoms with Gasteiger partial charge in [0.05, 0.1) is 0 Å².